The molecule has 0 spiro atoms. The summed E-state index contributed by atoms with van der Waals surface area (Å²) in [5.74, 6) is 0. The minimum absolute atomic E-state index is 0.213. The van der Waals surface area contributed by atoms with E-state index in [2.05, 4.69) is 5.32 Å². The molecule has 20 heavy (non-hydrogen) atoms. The molecule has 1 amide bonds. The zero-order chi connectivity index (χ0) is 15.3. The van der Waals surface area contributed by atoms with E-state index in [1.165, 1.54) is 24.3 Å². The van der Waals surface area contributed by atoms with Gasteiger partial charge in [-0.25, -0.2) is 13.6 Å². The molecule has 0 saturated carbocycles. The average Bonchev–Trinajstić information content (AvgIpc) is 2.34. The van der Waals surface area contributed by atoms with Crippen molar-refractivity contribution < 1.29 is 18.3 Å². The Labute approximate surface area is 116 Å². The monoisotopic (exact) mass is 282 g/mol. The predicted molar refractivity (Wildman–Crippen MR) is 69.3 cm³/mol. The number of amides is 1. The van der Waals surface area contributed by atoms with Crippen LogP contribution in [-0.4, -0.2) is 18.1 Å². The van der Waals surface area contributed by atoms with Crippen molar-refractivity contribution in [2.45, 2.75) is 38.8 Å². The van der Waals surface area contributed by atoms with Crippen molar-refractivity contribution in [1.82, 2.24) is 5.32 Å². The van der Waals surface area contributed by atoms with Gasteiger partial charge in [0.1, 0.15) is 11.6 Å². The second-order valence-corrected chi connectivity index (χ2v) is 5.19. The Bertz CT molecular complexity index is 501. The zero-order valence-corrected chi connectivity index (χ0v) is 11.5. The van der Waals surface area contributed by atoms with Gasteiger partial charge in [-0.1, -0.05) is 12.1 Å². The number of alkyl carbamates (subject to hydrolysis) is 1. The van der Waals surface area contributed by atoms with E-state index >= 15 is 0 Å². The third-order valence-electron chi connectivity index (χ3n) is 2.32. The first-order valence-corrected chi connectivity index (χ1v) is 6.00. The van der Waals surface area contributed by atoms with Crippen LogP contribution in [0.4, 0.5) is 13.6 Å². The maximum absolute atomic E-state index is 13.0. The first-order valence-electron chi connectivity index (χ1n) is 6.00. The van der Waals surface area contributed by atoms with Crippen LogP contribution in [0.5, 0.6) is 0 Å². The van der Waals surface area contributed by atoms with Crippen LogP contribution in [0.15, 0.2) is 24.3 Å². The van der Waals surface area contributed by atoms with E-state index in [1.807, 2.05) is 6.07 Å². The lowest BCUT2D eigenvalue weighted by atomic mass is 10.1. The van der Waals surface area contributed by atoms with Crippen molar-refractivity contribution in [3.63, 3.8) is 0 Å². The highest BCUT2D eigenvalue weighted by atomic mass is 19.3. The molecule has 0 aliphatic rings. The number of hydrogen-bond acceptors (Lipinski definition) is 3. The average molecular weight is 282 g/mol. The minimum atomic E-state index is -2.78. The van der Waals surface area contributed by atoms with E-state index in [9.17, 15) is 13.6 Å². The Hall–Kier alpha value is -2.16. The fraction of sp³-hybridized carbons (Fsp3) is 0.429. The molecule has 108 valence electrons. The Kier molecular flexibility index (Phi) is 5.03. The maximum atomic E-state index is 13.0. The number of ether oxygens (including phenoxy) is 1. The van der Waals surface area contributed by atoms with Gasteiger partial charge in [-0.15, -0.1) is 0 Å². The van der Waals surface area contributed by atoms with Crippen molar-refractivity contribution in [2.24, 2.45) is 0 Å². The van der Waals surface area contributed by atoms with E-state index in [1.54, 1.807) is 20.8 Å². The maximum Gasteiger partial charge on any atom is 0.408 e. The number of halogens is 2. The summed E-state index contributed by atoms with van der Waals surface area (Å²) < 4.78 is 31.0. The first-order chi connectivity index (χ1) is 9.23. The summed E-state index contributed by atoms with van der Waals surface area (Å²) in [7, 11) is 0. The van der Waals surface area contributed by atoms with Gasteiger partial charge in [0.25, 0.3) is 6.43 Å². The van der Waals surface area contributed by atoms with Crippen LogP contribution < -0.4 is 5.32 Å². The summed E-state index contributed by atoms with van der Waals surface area (Å²) >= 11 is 0. The van der Waals surface area contributed by atoms with Gasteiger partial charge in [0.2, 0.25) is 0 Å². The molecule has 1 aromatic rings. The second kappa shape index (κ2) is 6.33. The number of rotatable bonds is 3. The van der Waals surface area contributed by atoms with Crippen LogP contribution in [0.25, 0.3) is 0 Å². The SMILES string of the molecule is CC(C)(C)OC(=O)N[C@@H](c1ccc(C#N)cc1)C(F)F. The summed E-state index contributed by atoms with van der Waals surface area (Å²) in [4.78, 5) is 11.6. The summed E-state index contributed by atoms with van der Waals surface area (Å²) in [6, 6.07) is 6.02. The number of carbonyl (C=O) groups is 1. The smallest absolute Gasteiger partial charge is 0.408 e. The largest absolute Gasteiger partial charge is 0.444 e. The summed E-state index contributed by atoms with van der Waals surface area (Å²) in [6.45, 7) is 4.93. The molecular formula is C14H16F2N2O2. The molecule has 0 radical (unpaired) electrons. The summed E-state index contributed by atoms with van der Waals surface area (Å²) in [5.41, 5.74) is -0.189. The Morgan fingerprint density at radius 2 is 1.85 bits per heavy atom. The number of nitrogens with zero attached hydrogens (tertiary/aromatic N) is 1. The van der Waals surface area contributed by atoms with Crippen molar-refractivity contribution in [2.75, 3.05) is 0 Å². The highest BCUT2D eigenvalue weighted by Gasteiger charge is 2.26. The lowest BCUT2D eigenvalue weighted by molar-refractivity contribution is 0.0373. The molecule has 0 saturated heterocycles. The van der Waals surface area contributed by atoms with E-state index in [0.717, 1.165) is 0 Å². The molecule has 0 aliphatic heterocycles. The van der Waals surface area contributed by atoms with Gasteiger partial charge in [0, 0.05) is 0 Å². The van der Waals surface area contributed by atoms with E-state index < -0.39 is 24.2 Å². The van der Waals surface area contributed by atoms with E-state index in [-0.39, 0.29) is 5.56 Å². The fourth-order valence-electron chi connectivity index (χ4n) is 1.49. The summed E-state index contributed by atoms with van der Waals surface area (Å²) in [5, 5.41) is 10.8. The van der Waals surface area contributed by atoms with Gasteiger partial charge in [0.15, 0.2) is 0 Å². The van der Waals surface area contributed by atoms with Crippen LogP contribution >= 0.6 is 0 Å². The molecule has 1 aromatic carbocycles. The predicted octanol–water partition coefficient (Wildman–Crippen LogP) is 3.39. The van der Waals surface area contributed by atoms with E-state index in [0.29, 0.717) is 5.56 Å². The van der Waals surface area contributed by atoms with Crippen LogP contribution in [0, 0.1) is 11.3 Å². The molecule has 0 aromatic heterocycles. The molecule has 0 fully saturated rings. The third kappa shape index (κ3) is 4.84. The van der Waals surface area contributed by atoms with Crippen LogP contribution in [0.3, 0.4) is 0 Å². The van der Waals surface area contributed by atoms with Crippen LogP contribution in [-0.2, 0) is 4.74 Å². The van der Waals surface area contributed by atoms with Crippen molar-refractivity contribution in [3.05, 3.63) is 35.4 Å². The first kappa shape index (κ1) is 15.9. The number of nitrogens with one attached hydrogen (secondary N) is 1. The molecule has 6 heteroatoms. The lowest BCUT2D eigenvalue weighted by Crippen LogP contribution is -2.37. The zero-order valence-electron chi connectivity index (χ0n) is 11.5. The fourth-order valence-corrected chi connectivity index (χ4v) is 1.49. The Morgan fingerprint density at radius 3 is 2.25 bits per heavy atom. The Balaban J connectivity index is 2.84. The Morgan fingerprint density at radius 1 is 1.30 bits per heavy atom. The standard InChI is InChI=1S/C14H16F2N2O2/c1-14(2,3)20-13(19)18-11(12(15)16)10-6-4-9(8-17)5-7-10/h4-7,11-12H,1-3H3,(H,18,19)/t11-/m0/s1. The molecule has 1 atom stereocenters. The molecular weight excluding hydrogens is 266 g/mol. The number of nitriles is 1. The highest BCUT2D eigenvalue weighted by molar-refractivity contribution is 5.68. The second-order valence-electron chi connectivity index (χ2n) is 5.19. The van der Waals surface area contributed by atoms with Crippen molar-refractivity contribution in [3.8, 4) is 6.07 Å². The van der Waals surface area contributed by atoms with Gasteiger partial charge >= 0.3 is 6.09 Å². The molecule has 1 rings (SSSR count). The molecule has 0 heterocycles. The lowest BCUT2D eigenvalue weighted by Gasteiger charge is -2.23. The number of hydrogen-bond donors (Lipinski definition) is 1. The number of alkyl halides is 2. The highest BCUT2D eigenvalue weighted by Crippen LogP contribution is 2.22. The van der Waals surface area contributed by atoms with E-state index in [4.69, 9.17) is 10.00 Å². The van der Waals surface area contributed by atoms with Gasteiger partial charge in [-0.2, -0.15) is 5.26 Å². The molecule has 0 aliphatic carbocycles. The molecule has 4 nitrogen and oxygen atoms in total. The number of carbonyl (C=O) groups excluding carboxylic acids is 1. The van der Waals surface area contributed by atoms with Gasteiger partial charge in [-0.3, -0.25) is 0 Å². The van der Waals surface area contributed by atoms with Gasteiger partial charge < -0.3 is 10.1 Å². The molecule has 1 N–H and O–H groups in total. The minimum Gasteiger partial charge on any atom is -0.444 e. The van der Waals surface area contributed by atoms with Gasteiger partial charge in [-0.05, 0) is 38.5 Å². The number of benzene rings is 1. The van der Waals surface area contributed by atoms with Crippen molar-refractivity contribution in [1.29, 1.82) is 5.26 Å². The van der Waals surface area contributed by atoms with Crippen molar-refractivity contribution >= 4 is 6.09 Å². The quantitative estimate of drug-likeness (QED) is 0.924. The van der Waals surface area contributed by atoms with Crippen LogP contribution in [0.1, 0.15) is 37.9 Å². The van der Waals surface area contributed by atoms with Crippen LogP contribution in [0.2, 0.25) is 0 Å². The third-order valence-corrected chi connectivity index (χ3v) is 2.32. The molecule has 0 unspecified atom stereocenters. The summed E-state index contributed by atoms with van der Waals surface area (Å²) in [6.07, 6.45) is -3.69. The topological polar surface area (TPSA) is 62.1 Å². The molecule has 0 bridgehead atoms. The normalized spacial score (nSPS) is 12.7. The van der Waals surface area contributed by atoms with Gasteiger partial charge in [0.05, 0.1) is 11.6 Å².